The van der Waals surface area contributed by atoms with Crippen LogP contribution in [0.3, 0.4) is 0 Å². The first kappa shape index (κ1) is 13.8. The fourth-order valence-corrected chi connectivity index (χ4v) is 2.26. The van der Waals surface area contributed by atoms with Gasteiger partial charge in [0, 0.05) is 26.7 Å². The van der Waals surface area contributed by atoms with Crippen LogP contribution in [-0.2, 0) is 24.8 Å². The third kappa shape index (κ3) is 3.70. The van der Waals surface area contributed by atoms with Crippen molar-refractivity contribution in [3.8, 4) is 0 Å². The third-order valence-corrected chi connectivity index (χ3v) is 3.71. The second kappa shape index (κ2) is 6.55. The summed E-state index contributed by atoms with van der Waals surface area (Å²) >= 11 is 6.27. The summed E-state index contributed by atoms with van der Waals surface area (Å²) in [5, 5.41) is 8.53. The average molecular weight is 272 g/mol. The Bertz CT molecular complexity index is 388. The molecule has 1 aromatic rings. The van der Waals surface area contributed by atoms with E-state index in [0.29, 0.717) is 0 Å². The molecule has 2 rings (SSSR count). The molecule has 5 heteroatoms. The van der Waals surface area contributed by atoms with Crippen LogP contribution in [-0.4, -0.2) is 29.5 Å². The van der Waals surface area contributed by atoms with E-state index in [2.05, 4.69) is 17.3 Å². The summed E-state index contributed by atoms with van der Waals surface area (Å²) in [5.74, 6) is 0.837. The Balaban J connectivity index is 1.67. The summed E-state index contributed by atoms with van der Waals surface area (Å²) < 4.78 is 7.42. The van der Waals surface area contributed by atoms with Gasteiger partial charge in [-0.3, -0.25) is 4.68 Å². The van der Waals surface area contributed by atoms with Gasteiger partial charge in [0.05, 0.1) is 23.0 Å². The smallest absolute Gasteiger partial charge is 0.0863 e. The lowest BCUT2D eigenvalue weighted by Gasteiger charge is -2.06. The van der Waals surface area contributed by atoms with Gasteiger partial charge < -0.3 is 10.1 Å². The first-order valence-corrected chi connectivity index (χ1v) is 7.08. The fourth-order valence-electron chi connectivity index (χ4n) is 1.90. The van der Waals surface area contributed by atoms with Gasteiger partial charge in [-0.25, -0.2) is 0 Å². The molecule has 4 nitrogen and oxygen atoms in total. The van der Waals surface area contributed by atoms with Crippen LogP contribution in [0.5, 0.6) is 0 Å². The molecular weight excluding hydrogens is 250 g/mol. The van der Waals surface area contributed by atoms with E-state index in [1.807, 2.05) is 11.7 Å². The minimum Gasteiger partial charge on any atom is -0.380 e. The Morgan fingerprint density at radius 1 is 1.50 bits per heavy atom. The summed E-state index contributed by atoms with van der Waals surface area (Å²) in [6.07, 6.45) is 3.56. The van der Waals surface area contributed by atoms with Crippen molar-refractivity contribution in [1.29, 1.82) is 0 Å². The van der Waals surface area contributed by atoms with Crippen molar-refractivity contribution in [3.05, 3.63) is 16.4 Å². The van der Waals surface area contributed by atoms with Crippen molar-refractivity contribution in [2.45, 2.75) is 32.7 Å². The number of aromatic nitrogens is 2. The number of nitrogens with one attached hydrogen (secondary N) is 1. The molecule has 0 radical (unpaired) electrons. The van der Waals surface area contributed by atoms with E-state index >= 15 is 0 Å². The second-order valence-electron chi connectivity index (χ2n) is 4.88. The van der Waals surface area contributed by atoms with E-state index < -0.39 is 0 Å². The molecule has 0 bridgehead atoms. The first-order chi connectivity index (χ1) is 8.72. The maximum atomic E-state index is 6.27. The zero-order chi connectivity index (χ0) is 13.0. The zero-order valence-electron chi connectivity index (χ0n) is 11.2. The Morgan fingerprint density at radius 2 is 2.28 bits per heavy atom. The van der Waals surface area contributed by atoms with Gasteiger partial charge in [-0.1, -0.05) is 18.5 Å². The third-order valence-electron chi connectivity index (χ3n) is 3.27. The summed E-state index contributed by atoms with van der Waals surface area (Å²) in [7, 11) is 1.94. The molecule has 0 aromatic carbocycles. The quantitative estimate of drug-likeness (QED) is 0.737. The van der Waals surface area contributed by atoms with E-state index in [-0.39, 0.29) is 0 Å². The van der Waals surface area contributed by atoms with E-state index in [9.17, 15) is 0 Å². The van der Waals surface area contributed by atoms with Crippen LogP contribution in [0.15, 0.2) is 0 Å². The molecule has 18 heavy (non-hydrogen) atoms. The van der Waals surface area contributed by atoms with Crippen molar-refractivity contribution < 1.29 is 4.74 Å². The highest BCUT2D eigenvalue weighted by Crippen LogP contribution is 2.28. The zero-order valence-corrected chi connectivity index (χ0v) is 12.0. The van der Waals surface area contributed by atoms with Crippen molar-refractivity contribution in [1.82, 2.24) is 15.1 Å². The van der Waals surface area contributed by atoms with E-state index in [1.165, 1.54) is 12.8 Å². The molecule has 0 amide bonds. The van der Waals surface area contributed by atoms with E-state index in [4.69, 9.17) is 16.3 Å². The molecule has 0 aliphatic heterocycles. The van der Waals surface area contributed by atoms with Gasteiger partial charge in [0.25, 0.3) is 0 Å². The molecule has 1 fully saturated rings. The lowest BCUT2D eigenvalue weighted by Crippen LogP contribution is -2.21. The SMILES string of the molecule is CCc1nn(C)c(CNCCOCC2CC2)c1Cl. The van der Waals surface area contributed by atoms with Gasteiger partial charge >= 0.3 is 0 Å². The van der Waals surface area contributed by atoms with Gasteiger partial charge in [-0.15, -0.1) is 0 Å². The monoisotopic (exact) mass is 271 g/mol. The Labute approximate surface area is 114 Å². The standard InChI is InChI=1S/C13H22ClN3O/c1-3-11-13(14)12(17(2)16-11)8-15-6-7-18-9-10-4-5-10/h10,15H,3-9H2,1-2H3. The Kier molecular flexibility index (Phi) is 5.03. The number of aryl methyl sites for hydroxylation is 2. The van der Waals surface area contributed by atoms with Crippen LogP contribution >= 0.6 is 11.6 Å². The predicted molar refractivity (Wildman–Crippen MR) is 72.8 cm³/mol. The minimum absolute atomic E-state index is 0.745. The summed E-state index contributed by atoms with van der Waals surface area (Å²) in [4.78, 5) is 0. The molecule has 1 N–H and O–H groups in total. The number of rotatable bonds is 8. The average Bonchev–Trinajstić information content (AvgIpc) is 3.13. The number of ether oxygens (including phenoxy) is 1. The number of hydrogen-bond donors (Lipinski definition) is 1. The van der Waals surface area contributed by atoms with E-state index in [1.54, 1.807) is 0 Å². The molecule has 0 saturated heterocycles. The fraction of sp³-hybridized carbons (Fsp3) is 0.769. The van der Waals surface area contributed by atoms with Crippen LogP contribution in [0.25, 0.3) is 0 Å². The lowest BCUT2D eigenvalue weighted by atomic mass is 10.3. The molecule has 1 saturated carbocycles. The molecule has 102 valence electrons. The molecule has 1 aliphatic carbocycles. The van der Waals surface area contributed by atoms with Crippen LogP contribution < -0.4 is 5.32 Å². The molecule has 1 aromatic heterocycles. The van der Waals surface area contributed by atoms with Crippen molar-refractivity contribution in [2.75, 3.05) is 19.8 Å². The molecule has 0 atom stereocenters. The highest BCUT2D eigenvalue weighted by Gasteiger charge is 2.20. The number of hydrogen-bond acceptors (Lipinski definition) is 3. The highest BCUT2D eigenvalue weighted by atomic mass is 35.5. The van der Waals surface area contributed by atoms with Crippen LogP contribution in [0.1, 0.15) is 31.2 Å². The number of halogens is 1. The van der Waals surface area contributed by atoms with Crippen molar-refractivity contribution in [2.24, 2.45) is 13.0 Å². The lowest BCUT2D eigenvalue weighted by molar-refractivity contribution is 0.126. The van der Waals surface area contributed by atoms with Crippen LogP contribution in [0, 0.1) is 5.92 Å². The summed E-state index contributed by atoms with van der Waals surface area (Å²) in [6.45, 7) is 5.36. The summed E-state index contributed by atoms with van der Waals surface area (Å²) in [5.41, 5.74) is 2.02. The van der Waals surface area contributed by atoms with Crippen LogP contribution in [0.4, 0.5) is 0 Å². The maximum absolute atomic E-state index is 6.27. The molecule has 0 unspecified atom stereocenters. The second-order valence-corrected chi connectivity index (χ2v) is 5.26. The van der Waals surface area contributed by atoms with E-state index in [0.717, 1.165) is 55.1 Å². The molecular formula is C13H22ClN3O. The highest BCUT2D eigenvalue weighted by molar-refractivity contribution is 6.31. The Hall–Kier alpha value is -0.580. The first-order valence-electron chi connectivity index (χ1n) is 6.71. The van der Waals surface area contributed by atoms with Gasteiger partial charge in [0.15, 0.2) is 0 Å². The normalized spacial score (nSPS) is 15.3. The predicted octanol–water partition coefficient (Wildman–Crippen LogP) is 2.15. The summed E-state index contributed by atoms with van der Waals surface area (Å²) in [6, 6.07) is 0. The number of nitrogens with zero attached hydrogens (tertiary/aromatic N) is 2. The van der Waals surface area contributed by atoms with Crippen molar-refractivity contribution in [3.63, 3.8) is 0 Å². The van der Waals surface area contributed by atoms with Gasteiger partial charge in [0.2, 0.25) is 0 Å². The van der Waals surface area contributed by atoms with Gasteiger partial charge in [-0.05, 0) is 25.2 Å². The van der Waals surface area contributed by atoms with Crippen molar-refractivity contribution >= 4 is 11.6 Å². The Morgan fingerprint density at radius 3 is 2.89 bits per heavy atom. The van der Waals surface area contributed by atoms with Crippen LogP contribution in [0.2, 0.25) is 5.02 Å². The minimum atomic E-state index is 0.745. The molecule has 0 spiro atoms. The largest absolute Gasteiger partial charge is 0.380 e. The van der Waals surface area contributed by atoms with Gasteiger partial charge in [-0.2, -0.15) is 5.10 Å². The topological polar surface area (TPSA) is 39.1 Å². The maximum Gasteiger partial charge on any atom is 0.0863 e. The molecule has 1 aliphatic rings. The molecule has 1 heterocycles. The van der Waals surface area contributed by atoms with Gasteiger partial charge in [0.1, 0.15) is 0 Å².